The quantitative estimate of drug-likeness (QED) is 0.352. The SMILES string of the molecule is COCCCC(=N)OC. The second-order valence-corrected chi connectivity index (χ2v) is 1.72. The number of hydrogen-bond acceptors (Lipinski definition) is 3. The third-order valence-corrected chi connectivity index (χ3v) is 0.999. The maximum atomic E-state index is 7.04. The van der Waals surface area contributed by atoms with E-state index >= 15 is 0 Å². The van der Waals surface area contributed by atoms with Gasteiger partial charge in [0.2, 0.25) is 0 Å². The Balaban J connectivity index is 2.97. The van der Waals surface area contributed by atoms with E-state index in [-0.39, 0.29) is 0 Å². The standard InChI is InChI=1S/C6H13NO2/c1-8-5-3-4-6(7)9-2/h7H,3-5H2,1-2H3. The Labute approximate surface area is 55.5 Å². The lowest BCUT2D eigenvalue weighted by molar-refractivity contribution is 0.194. The van der Waals surface area contributed by atoms with Gasteiger partial charge < -0.3 is 9.47 Å². The van der Waals surface area contributed by atoms with Gasteiger partial charge in [0.15, 0.2) is 5.90 Å². The van der Waals surface area contributed by atoms with Crippen LogP contribution in [0.1, 0.15) is 12.8 Å². The molecule has 0 amide bonds. The van der Waals surface area contributed by atoms with E-state index in [2.05, 4.69) is 4.74 Å². The molecule has 0 fully saturated rings. The van der Waals surface area contributed by atoms with E-state index < -0.39 is 0 Å². The number of rotatable bonds is 4. The first-order valence-corrected chi connectivity index (χ1v) is 2.91. The molecule has 0 radical (unpaired) electrons. The van der Waals surface area contributed by atoms with Crippen molar-refractivity contribution in [2.24, 2.45) is 0 Å². The van der Waals surface area contributed by atoms with Crippen molar-refractivity contribution in [3.8, 4) is 0 Å². The van der Waals surface area contributed by atoms with Crippen molar-refractivity contribution in [3.05, 3.63) is 0 Å². The Hall–Kier alpha value is -0.570. The minimum Gasteiger partial charge on any atom is -0.484 e. The highest BCUT2D eigenvalue weighted by atomic mass is 16.5. The van der Waals surface area contributed by atoms with Crippen LogP contribution in [-0.2, 0) is 9.47 Å². The van der Waals surface area contributed by atoms with Crippen molar-refractivity contribution < 1.29 is 9.47 Å². The van der Waals surface area contributed by atoms with Crippen LogP contribution in [0.25, 0.3) is 0 Å². The first-order chi connectivity index (χ1) is 4.31. The molecule has 0 aromatic rings. The summed E-state index contributed by atoms with van der Waals surface area (Å²) < 4.78 is 9.41. The predicted molar refractivity (Wildman–Crippen MR) is 35.8 cm³/mol. The van der Waals surface area contributed by atoms with Crippen molar-refractivity contribution in [3.63, 3.8) is 0 Å². The van der Waals surface area contributed by atoms with Gasteiger partial charge in [-0.2, -0.15) is 0 Å². The Morgan fingerprint density at radius 3 is 2.56 bits per heavy atom. The molecule has 3 heteroatoms. The molecule has 54 valence electrons. The summed E-state index contributed by atoms with van der Waals surface area (Å²) in [6.07, 6.45) is 1.54. The van der Waals surface area contributed by atoms with Gasteiger partial charge in [-0.1, -0.05) is 0 Å². The molecule has 0 atom stereocenters. The lowest BCUT2D eigenvalue weighted by Gasteiger charge is -1.99. The number of methoxy groups -OCH3 is 2. The summed E-state index contributed by atoms with van der Waals surface area (Å²) in [5, 5.41) is 7.04. The Bertz CT molecular complexity index is 83.1. The van der Waals surface area contributed by atoms with Gasteiger partial charge >= 0.3 is 0 Å². The largest absolute Gasteiger partial charge is 0.484 e. The summed E-state index contributed by atoms with van der Waals surface area (Å²) in [5.41, 5.74) is 0. The van der Waals surface area contributed by atoms with Crippen LogP contribution in [0.2, 0.25) is 0 Å². The molecule has 0 rings (SSSR count). The zero-order chi connectivity index (χ0) is 7.11. The average Bonchev–Trinajstić information content (AvgIpc) is 1.89. The molecule has 0 unspecified atom stereocenters. The van der Waals surface area contributed by atoms with Crippen LogP contribution < -0.4 is 0 Å². The summed E-state index contributed by atoms with van der Waals surface area (Å²) in [6, 6.07) is 0. The predicted octanol–water partition coefficient (Wildman–Crippen LogP) is 1.04. The fraction of sp³-hybridized carbons (Fsp3) is 0.833. The number of hydrogen-bond donors (Lipinski definition) is 1. The highest BCUT2D eigenvalue weighted by molar-refractivity contribution is 5.72. The average molecular weight is 131 g/mol. The molecule has 0 spiro atoms. The zero-order valence-corrected chi connectivity index (χ0v) is 5.94. The summed E-state index contributed by atoms with van der Waals surface area (Å²) in [4.78, 5) is 0. The topological polar surface area (TPSA) is 42.3 Å². The molecule has 0 heterocycles. The molecular weight excluding hydrogens is 118 g/mol. The Kier molecular flexibility index (Phi) is 5.21. The minimum absolute atomic E-state index is 0.326. The summed E-state index contributed by atoms with van der Waals surface area (Å²) >= 11 is 0. The summed E-state index contributed by atoms with van der Waals surface area (Å²) in [6.45, 7) is 0.700. The number of nitrogens with one attached hydrogen (secondary N) is 1. The Morgan fingerprint density at radius 2 is 2.11 bits per heavy atom. The second kappa shape index (κ2) is 5.56. The molecule has 9 heavy (non-hydrogen) atoms. The van der Waals surface area contributed by atoms with E-state index in [1.165, 1.54) is 7.11 Å². The normalized spacial score (nSPS) is 9.11. The van der Waals surface area contributed by atoms with Crippen LogP contribution in [-0.4, -0.2) is 26.7 Å². The van der Waals surface area contributed by atoms with Gasteiger partial charge in [0.05, 0.1) is 7.11 Å². The molecule has 0 bridgehead atoms. The van der Waals surface area contributed by atoms with Crippen LogP contribution in [0.5, 0.6) is 0 Å². The van der Waals surface area contributed by atoms with E-state index in [0.717, 1.165) is 6.42 Å². The smallest absolute Gasteiger partial charge is 0.180 e. The van der Waals surface area contributed by atoms with Gasteiger partial charge in [0.25, 0.3) is 0 Å². The summed E-state index contributed by atoms with van der Waals surface area (Å²) in [5.74, 6) is 0.326. The fourth-order valence-corrected chi connectivity index (χ4v) is 0.479. The van der Waals surface area contributed by atoms with Gasteiger partial charge in [0.1, 0.15) is 0 Å². The molecule has 0 saturated heterocycles. The number of ether oxygens (including phenoxy) is 2. The molecule has 3 nitrogen and oxygen atoms in total. The molecule has 0 aliphatic rings. The zero-order valence-electron chi connectivity index (χ0n) is 5.94. The molecular formula is C6H13NO2. The lowest BCUT2D eigenvalue weighted by atomic mass is 10.3. The van der Waals surface area contributed by atoms with Crippen molar-refractivity contribution in [2.45, 2.75) is 12.8 Å². The first kappa shape index (κ1) is 8.43. The van der Waals surface area contributed by atoms with Crippen LogP contribution in [0.4, 0.5) is 0 Å². The van der Waals surface area contributed by atoms with Crippen LogP contribution in [0.15, 0.2) is 0 Å². The summed E-state index contributed by atoms with van der Waals surface area (Å²) in [7, 11) is 3.16. The van der Waals surface area contributed by atoms with E-state index in [0.29, 0.717) is 18.9 Å². The second-order valence-electron chi connectivity index (χ2n) is 1.72. The van der Waals surface area contributed by atoms with Crippen molar-refractivity contribution >= 4 is 5.90 Å². The third kappa shape index (κ3) is 5.30. The molecule has 0 aromatic carbocycles. The van der Waals surface area contributed by atoms with Crippen molar-refractivity contribution in [1.82, 2.24) is 0 Å². The van der Waals surface area contributed by atoms with E-state index in [9.17, 15) is 0 Å². The Morgan fingerprint density at radius 1 is 1.44 bits per heavy atom. The molecule has 0 aliphatic carbocycles. The molecule has 0 saturated carbocycles. The van der Waals surface area contributed by atoms with Gasteiger partial charge in [-0.05, 0) is 6.42 Å². The van der Waals surface area contributed by atoms with E-state index in [1.807, 2.05) is 0 Å². The van der Waals surface area contributed by atoms with Gasteiger partial charge in [0, 0.05) is 20.1 Å². The van der Waals surface area contributed by atoms with Gasteiger partial charge in [-0.25, -0.2) is 0 Å². The van der Waals surface area contributed by atoms with E-state index in [1.54, 1.807) is 7.11 Å². The first-order valence-electron chi connectivity index (χ1n) is 2.91. The maximum Gasteiger partial charge on any atom is 0.180 e. The molecule has 0 aromatic heterocycles. The monoisotopic (exact) mass is 131 g/mol. The highest BCUT2D eigenvalue weighted by Crippen LogP contribution is 1.90. The molecule has 0 aliphatic heterocycles. The minimum atomic E-state index is 0.326. The van der Waals surface area contributed by atoms with Gasteiger partial charge in [-0.3, -0.25) is 5.41 Å². The fourth-order valence-electron chi connectivity index (χ4n) is 0.479. The van der Waals surface area contributed by atoms with Gasteiger partial charge in [-0.15, -0.1) is 0 Å². The van der Waals surface area contributed by atoms with Crippen molar-refractivity contribution in [2.75, 3.05) is 20.8 Å². The van der Waals surface area contributed by atoms with E-state index in [4.69, 9.17) is 10.1 Å². The highest BCUT2D eigenvalue weighted by Gasteiger charge is 1.92. The molecule has 1 N–H and O–H groups in total. The third-order valence-electron chi connectivity index (χ3n) is 0.999. The van der Waals surface area contributed by atoms with Crippen LogP contribution in [0, 0.1) is 5.41 Å². The van der Waals surface area contributed by atoms with Crippen LogP contribution >= 0.6 is 0 Å². The maximum absolute atomic E-state index is 7.04. The van der Waals surface area contributed by atoms with Crippen molar-refractivity contribution in [1.29, 1.82) is 5.41 Å². The van der Waals surface area contributed by atoms with Crippen LogP contribution in [0.3, 0.4) is 0 Å². The lowest BCUT2D eigenvalue weighted by Crippen LogP contribution is -2.00.